The van der Waals surface area contributed by atoms with Crippen molar-refractivity contribution in [1.82, 2.24) is 0 Å². The van der Waals surface area contributed by atoms with Crippen molar-refractivity contribution < 1.29 is 24.0 Å². The molecule has 1 unspecified atom stereocenters. The van der Waals surface area contributed by atoms with Crippen LogP contribution in [0.1, 0.15) is 47.1 Å². The minimum atomic E-state index is -0.899. The van der Waals surface area contributed by atoms with Gasteiger partial charge in [-0.3, -0.25) is 0 Å². The summed E-state index contributed by atoms with van der Waals surface area (Å²) >= 11 is 0. The number of hydrogen-bond acceptors (Lipinski definition) is 4. The Morgan fingerprint density at radius 1 is 0.958 bits per heavy atom. The summed E-state index contributed by atoms with van der Waals surface area (Å²) in [5, 5.41) is 0. The van der Waals surface area contributed by atoms with Crippen molar-refractivity contribution >= 4 is 23.7 Å². The number of amides is 2. The molecule has 0 bridgehead atoms. The van der Waals surface area contributed by atoms with E-state index < -0.39 is 18.0 Å². The molecule has 3 rings (SSSR count). The van der Waals surface area contributed by atoms with Gasteiger partial charge < -0.3 is 4.74 Å². The average Bonchev–Trinajstić information content (AvgIpc) is 2.54. The first-order chi connectivity index (χ1) is 11.3. The third-order valence-corrected chi connectivity index (χ3v) is 4.05. The van der Waals surface area contributed by atoms with Gasteiger partial charge in [-0.05, 0) is 29.2 Å². The Morgan fingerprint density at radius 3 is 2.21 bits per heavy atom. The van der Waals surface area contributed by atoms with Gasteiger partial charge in [0.15, 0.2) is 5.69 Å². The van der Waals surface area contributed by atoms with E-state index in [4.69, 9.17) is 4.74 Å². The Hall–Kier alpha value is -2.79. The lowest BCUT2D eigenvalue weighted by molar-refractivity contribution is -0.658. The molecule has 5 nitrogen and oxygen atoms in total. The average molecular weight is 324 g/mol. The lowest BCUT2D eigenvalue weighted by atomic mass is 9.86. The van der Waals surface area contributed by atoms with Crippen LogP contribution in [-0.2, 0) is 10.2 Å². The molecule has 1 atom stereocenters. The Morgan fingerprint density at radius 2 is 1.58 bits per heavy atom. The Labute approximate surface area is 139 Å². The molecule has 2 aromatic carbocycles. The third kappa shape index (κ3) is 2.74. The fourth-order valence-corrected chi connectivity index (χ4v) is 2.66. The zero-order valence-corrected chi connectivity index (χ0v) is 13.8. The lowest BCUT2D eigenvalue weighted by Gasteiger charge is -2.21. The van der Waals surface area contributed by atoms with E-state index in [1.54, 1.807) is 36.4 Å². The summed E-state index contributed by atoms with van der Waals surface area (Å²) in [7, 11) is 0. The van der Waals surface area contributed by atoms with Crippen LogP contribution in [0.15, 0.2) is 48.5 Å². The van der Waals surface area contributed by atoms with E-state index in [1.807, 2.05) is 12.1 Å². The number of alkyl carbamates (subject to hydrolysis) is 1. The van der Waals surface area contributed by atoms with Crippen molar-refractivity contribution in [3.63, 3.8) is 0 Å². The zero-order valence-electron chi connectivity index (χ0n) is 13.8. The molecule has 0 aromatic heterocycles. The lowest BCUT2D eigenvalue weighted by Crippen LogP contribution is -3.13. The number of esters is 1. The van der Waals surface area contributed by atoms with Crippen LogP contribution in [0, 0.1) is 0 Å². The number of carbonyl (C=O) groups excluding carboxylic acids is 3. The highest BCUT2D eigenvalue weighted by atomic mass is 16.6. The molecule has 0 saturated carbocycles. The van der Waals surface area contributed by atoms with Crippen LogP contribution in [0.2, 0.25) is 0 Å². The van der Waals surface area contributed by atoms with Crippen LogP contribution < -0.4 is 4.90 Å². The normalized spacial score (nSPS) is 17.2. The summed E-state index contributed by atoms with van der Waals surface area (Å²) in [6.07, 6.45) is -0.899. The molecule has 0 fully saturated rings. The number of benzene rings is 2. The third-order valence-electron chi connectivity index (χ3n) is 4.05. The van der Waals surface area contributed by atoms with Crippen molar-refractivity contribution in [2.45, 2.75) is 26.2 Å². The standard InChI is InChI=1S/C19H17NO4/c1-19(2,3)13-10-8-12(9-11-13)16(21)20-15-7-5-4-6-14(15)17(22)24-18(20)23/h4-11H,1-3H3/p+1. The topological polar surface area (TPSA) is 64.9 Å². The van der Waals surface area contributed by atoms with Crippen LogP contribution in [0.5, 0.6) is 0 Å². The minimum Gasteiger partial charge on any atom is -0.341 e. The summed E-state index contributed by atoms with van der Waals surface area (Å²) in [4.78, 5) is 36.6. The van der Waals surface area contributed by atoms with E-state index in [0.717, 1.165) is 5.56 Å². The molecule has 1 N–H and O–H groups in total. The highest BCUT2D eigenvalue weighted by Gasteiger charge is 2.42. The molecule has 0 saturated heterocycles. The van der Waals surface area contributed by atoms with Gasteiger partial charge >= 0.3 is 18.0 Å². The predicted octanol–water partition coefficient (Wildman–Crippen LogP) is 2.63. The van der Waals surface area contributed by atoms with Crippen molar-refractivity contribution in [1.29, 1.82) is 0 Å². The van der Waals surface area contributed by atoms with Crippen molar-refractivity contribution in [2.75, 3.05) is 0 Å². The second-order valence-corrected chi connectivity index (χ2v) is 6.75. The number of para-hydroxylation sites is 1. The fraction of sp³-hybridized carbons (Fsp3) is 0.211. The number of fused-ring (bicyclic) bond motifs is 1. The highest BCUT2D eigenvalue weighted by Crippen LogP contribution is 2.22. The van der Waals surface area contributed by atoms with Gasteiger partial charge in [0.25, 0.3) is 0 Å². The van der Waals surface area contributed by atoms with Crippen molar-refractivity contribution in [2.24, 2.45) is 0 Å². The number of quaternary nitrogens is 1. The summed E-state index contributed by atoms with van der Waals surface area (Å²) in [6, 6.07) is 13.6. The first-order valence-corrected chi connectivity index (χ1v) is 7.67. The first kappa shape index (κ1) is 16.1. The SMILES string of the molecule is CC(C)(C)c1ccc(C(=O)[NH+]2C(=O)OC(=O)c3ccccc32)cc1. The number of ether oxygens (including phenoxy) is 1. The maximum absolute atomic E-state index is 12.8. The van der Waals surface area contributed by atoms with E-state index in [9.17, 15) is 14.4 Å². The van der Waals surface area contributed by atoms with Gasteiger partial charge in [-0.1, -0.05) is 45.0 Å². The second kappa shape index (κ2) is 5.69. The number of nitrogens with one attached hydrogen (secondary N) is 1. The molecule has 122 valence electrons. The number of imide groups is 1. The number of cyclic esters (lactones) is 2. The number of rotatable bonds is 1. The van der Waals surface area contributed by atoms with E-state index in [2.05, 4.69) is 20.8 Å². The van der Waals surface area contributed by atoms with E-state index in [1.165, 1.54) is 0 Å². The summed E-state index contributed by atoms with van der Waals surface area (Å²) in [5.74, 6) is -1.17. The highest BCUT2D eigenvalue weighted by molar-refractivity contribution is 6.05. The van der Waals surface area contributed by atoms with Gasteiger partial charge in [-0.15, -0.1) is 4.90 Å². The van der Waals surface area contributed by atoms with Gasteiger partial charge in [-0.25, -0.2) is 9.59 Å². The molecular formula is C19H18NO4+. The monoisotopic (exact) mass is 324 g/mol. The zero-order chi connectivity index (χ0) is 17.5. The molecular weight excluding hydrogens is 306 g/mol. The molecule has 0 spiro atoms. The molecule has 5 heteroatoms. The van der Waals surface area contributed by atoms with Crippen LogP contribution in [0.3, 0.4) is 0 Å². The second-order valence-electron chi connectivity index (χ2n) is 6.75. The maximum Gasteiger partial charge on any atom is 0.535 e. The van der Waals surface area contributed by atoms with Gasteiger partial charge in [0.05, 0.1) is 5.56 Å². The Bertz CT molecular complexity index is 831. The van der Waals surface area contributed by atoms with Gasteiger partial charge in [0.1, 0.15) is 5.56 Å². The fourth-order valence-electron chi connectivity index (χ4n) is 2.66. The first-order valence-electron chi connectivity index (χ1n) is 7.67. The molecule has 2 aromatic rings. The van der Waals surface area contributed by atoms with Crippen molar-refractivity contribution in [3.8, 4) is 0 Å². The molecule has 1 aliphatic rings. The minimum absolute atomic E-state index is 0.0302. The number of hydrogen-bond donors (Lipinski definition) is 1. The van der Waals surface area contributed by atoms with Crippen LogP contribution >= 0.6 is 0 Å². The van der Waals surface area contributed by atoms with Gasteiger partial charge in [-0.2, -0.15) is 4.79 Å². The summed E-state index contributed by atoms with van der Waals surface area (Å²) in [6.45, 7) is 6.25. The smallest absolute Gasteiger partial charge is 0.341 e. The van der Waals surface area contributed by atoms with Gasteiger partial charge in [0, 0.05) is 6.07 Å². The molecule has 2 amide bonds. The predicted molar refractivity (Wildman–Crippen MR) is 87.3 cm³/mol. The van der Waals surface area contributed by atoms with E-state index in [0.29, 0.717) is 11.3 Å². The molecule has 0 radical (unpaired) electrons. The van der Waals surface area contributed by atoms with E-state index in [-0.39, 0.29) is 15.9 Å². The van der Waals surface area contributed by atoms with Crippen molar-refractivity contribution in [3.05, 3.63) is 65.2 Å². The number of carbonyl (C=O) groups is 3. The van der Waals surface area contributed by atoms with Gasteiger partial charge in [0.2, 0.25) is 0 Å². The quantitative estimate of drug-likeness (QED) is 0.647. The largest absolute Gasteiger partial charge is 0.535 e. The molecule has 24 heavy (non-hydrogen) atoms. The maximum atomic E-state index is 12.8. The molecule has 1 heterocycles. The Balaban J connectivity index is 1.99. The van der Waals surface area contributed by atoms with Crippen LogP contribution in [0.4, 0.5) is 10.5 Å². The summed E-state index contributed by atoms with van der Waals surface area (Å²) < 4.78 is 4.71. The summed E-state index contributed by atoms with van der Waals surface area (Å²) in [5.41, 5.74) is 2.00. The molecule has 0 aliphatic carbocycles. The van der Waals surface area contributed by atoms with Crippen LogP contribution in [0.25, 0.3) is 0 Å². The molecule has 1 aliphatic heterocycles. The van der Waals surface area contributed by atoms with E-state index >= 15 is 0 Å². The Kier molecular flexibility index (Phi) is 3.81. The van der Waals surface area contributed by atoms with Crippen LogP contribution in [-0.4, -0.2) is 18.0 Å².